The van der Waals surface area contributed by atoms with Crippen LogP contribution in [0.3, 0.4) is 0 Å². The number of rotatable bonds is 4. The van der Waals surface area contributed by atoms with Gasteiger partial charge < -0.3 is 24.6 Å². The smallest absolute Gasteiger partial charge is 0.255 e. The van der Waals surface area contributed by atoms with Gasteiger partial charge in [-0.3, -0.25) is 9.59 Å². The molecule has 0 atom stereocenters. The van der Waals surface area contributed by atoms with E-state index in [0.717, 1.165) is 44.0 Å². The standard InChI is InChI=1S/C19H19N3O4/c23-12-21-7-9-22(10-8-21)16-4-2-15(3-5-16)20-19(24)14-1-6-17-18(11-14)26-13-25-17/h1-6,11-12H,7-10,13H2,(H,20,24). The highest BCUT2D eigenvalue weighted by Crippen LogP contribution is 2.32. The second kappa shape index (κ2) is 6.95. The second-order valence-electron chi connectivity index (χ2n) is 6.20. The van der Waals surface area contributed by atoms with E-state index in [1.54, 1.807) is 23.1 Å². The Morgan fingerprint density at radius 2 is 1.69 bits per heavy atom. The highest BCUT2D eigenvalue weighted by atomic mass is 16.7. The number of amides is 2. The molecule has 0 spiro atoms. The number of nitrogens with one attached hydrogen (secondary N) is 1. The fourth-order valence-electron chi connectivity index (χ4n) is 3.08. The quantitative estimate of drug-likeness (QED) is 0.851. The molecule has 2 aromatic rings. The van der Waals surface area contributed by atoms with Gasteiger partial charge in [0, 0.05) is 43.1 Å². The molecule has 0 saturated carbocycles. The maximum Gasteiger partial charge on any atom is 0.255 e. The molecule has 0 unspecified atom stereocenters. The Labute approximate surface area is 151 Å². The maximum atomic E-state index is 12.4. The summed E-state index contributed by atoms with van der Waals surface area (Å²) in [7, 11) is 0. The molecule has 0 radical (unpaired) electrons. The van der Waals surface area contributed by atoms with E-state index in [2.05, 4.69) is 10.2 Å². The Kier molecular flexibility index (Phi) is 4.35. The summed E-state index contributed by atoms with van der Waals surface area (Å²) in [6.45, 7) is 3.25. The number of hydrogen-bond donors (Lipinski definition) is 1. The number of anilines is 2. The first kappa shape index (κ1) is 16.3. The summed E-state index contributed by atoms with van der Waals surface area (Å²) in [5.74, 6) is 1.04. The summed E-state index contributed by atoms with van der Waals surface area (Å²) >= 11 is 0. The van der Waals surface area contributed by atoms with Crippen molar-refractivity contribution < 1.29 is 19.1 Å². The molecule has 1 N–H and O–H groups in total. The van der Waals surface area contributed by atoms with E-state index in [0.29, 0.717) is 17.1 Å². The maximum absolute atomic E-state index is 12.4. The molecule has 134 valence electrons. The van der Waals surface area contributed by atoms with Crippen LogP contribution < -0.4 is 19.7 Å². The van der Waals surface area contributed by atoms with Gasteiger partial charge >= 0.3 is 0 Å². The molecule has 0 aliphatic carbocycles. The average molecular weight is 353 g/mol. The third-order valence-corrected chi connectivity index (χ3v) is 4.59. The fourth-order valence-corrected chi connectivity index (χ4v) is 3.08. The van der Waals surface area contributed by atoms with Gasteiger partial charge in [-0.05, 0) is 42.5 Å². The first-order valence-electron chi connectivity index (χ1n) is 8.48. The van der Waals surface area contributed by atoms with Gasteiger partial charge in [0.15, 0.2) is 11.5 Å². The van der Waals surface area contributed by atoms with Gasteiger partial charge in [0.1, 0.15) is 0 Å². The Morgan fingerprint density at radius 1 is 0.962 bits per heavy atom. The van der Waals surface area contributed by atoms with Gasteiger partial charge in [0.25, 0.3) is 5.91 Å². The third-order valence-electron chi connectivity index (χ3n) is 4.59. The van der Waals surface area contributed by atoms with Crippen LogP contribution in [0.1, 0.15) is 10.4 Å². The molecule has 0 aromatic heterocycles. The minimum absolute atomic E-state index is 0.184. The average Bonchev–Trinajstić information content (AvgIpc) is 3.16. The monoisotopic (exact) mass is 353 g/mol. The Bertz CT molecular complexity index is 814. The van der Waals surface area contributed by atoms with E-state index in [4.69, 9.17) is 9.47 Å². The molecule has 2 aliphatic heterocycles. The van der Waals surface area contributed by atoms with Crippen LogP contribution in [-0.4, -0.2) is 50.2 Å². The zero-order chi connectivity index (χ0) is 17.9. The van der Waals surface area contributed by atoms with E-state index < -0.39 is 0 Å². The molecular weight excluding hydrogens is 334 g/mol. The zero-order valence-corrected chi connectivity index (χ0v) is 14.2. The summed E-state index contributed by atoms with van der Waals surface area (Å²) < 4.78 is 10.6. The number of piperazine rings is 1. The first-order valence-corrected chi connectivity index (χ1v) is 8.48. The Morgan fingerprint density at radius 3 is 2.42 bits per heavy atom. The number of nitrogens with zero attached hydrogens (tertiary/aromatic N) is 2. The lowest BCUT2D eigenvalue weighted by Crippen LogP contribution is -2.45. The number of ether oxygens (including phenoxy) is 2. The molecule has 2 heterocycles. The van der Waals surface area contributed by atoms with Crippen molar-refractivity contribution in [3.8, 4) is 11.5 Å². The number of hydrogen-bond acceptors (Lipinski definition) is 5. The summed E-state index contributed by atoms with van der Waals surface area (Å²) in [5.41, 5.74) is 2.32. The molecule has 0 bridgehead atoms. The Balaban J connectivity index is 1.39. The highest BCUT2D eigenvalue weighted by molar-refractivity contribution is 6.04. The summed E-state index contributed by atoms with van der Waals surface area (Å²) in [6, 6.07) is 12.8. The number of carbonyl (C=O) groups is 2. The van der Waals surface area contributed by atoms with E-state index in [1.165, 1.54) is 0 Å². The Hall–Kier alpha value is -3.22. The van der Waals surface area contributed by atoms with Gasteiger partial charge in [-0.2, -0.15) is 0 Å². The molecule has 1 saturated heterocycles. The molecule has 26 heavy (non-hydrogen) atoms. The number of benzene rings is 2. The molecule has 2 aliphatic rings. The molecule has 4 rings (SSSR count). The molecule has 2 aromatic carbocycles. The summed E-state index contributed by atoms with van der Waals surface area (Å²) in [6.07, 6.45) is 0.895. The van der Waals surface area contributed by atoms with Crippen LogP contribution in [-0.2, 0) is 4.79 Å². The summed E-state index contributed by atoms with van der Waals surface area (Å²) in [5, 5.41) is 2.89. The van der Waals surface area contributed by atoms with Gasteiger partial charge in [-0.25, -0.2) is 0 Å². The lowest BCUT2D eigenvalue weighted by molar-refractivity contribution is -0.118. The van der Waals surface area contributed by atoms with E-state index >= 15 is 0 Å². The molecule has 2 amide bonds. The summed E-state index contributed by atoms with van der Waals surface area (Å²) in [4.78, 5) is 27.2. The fraction of sp³-hybridized carbons (Fsp3) is 0.263. The van der Waals surface area contributed by atoms with Crippen molar-refractivity contribution in [3.05, 3.63) is 48.0 Å². The van der Waals surface area contributed by atoms with Crippen LogP contribution in [0.2, 0.25) is 0 Å². The van der Waals surface area contributed by atoms with Crippen LogP contribution >= 0.6 is 0 Å². The van der Waals surface area contributed by atoms with E-state index in [9.17, 15) is 9.59 Å². The lowest BCUT2D eigenvalue weighted by Gasteiger charge is -2.34. The van der Waals surface area contributed by atoms with Gasteiger partial charge in [0.05, 0.1) is 0 Å². The largest absolute Gasteiger partial charge is 0.454 e. The normalized spacial score (nSPS) is 15.7. The van der Waals surface area contributed by atoms with Crippen LogP contribution in [0.5, 0.6) is 11.5 Å². The minimum atomic E-state index is -0.198. The molecule has 1 fully saturated rings. The SMILES string of the molecule is O=CN1CCN(c2ccc(NC(=O)c3ccc4c(c3)OCO4)cc2)CC1. The van der Waals surface area contributed by atoms with Crippen molar-refractivity contribution in [1.82, 2.24) is 4.90 Å². The van der Waals surface area contributed by atoms with Gasteiger partial charge in [-0.15, -0.1) is 0 Å². The minimum Gasteiger partial charge on any atom is -0.454 e. The molecular formula is C19H19N3O4. The first-order chi connectivity index (χ1) is 12.7. The van der Waals surface area contributed by atoms with Crippen LogP contribution in [0.4, 0.5) is 11.4 Å². The van der Waals surface area contributed by atoms with Crippen molar-refractivity contribution in [2.24, 2.45) is 0 Å². The number of carbonyl (C=O) groups excluding carboxylic acids is 2. The van der Waals surface area contributed by atoms with Crippen LogP contribution in [0.25, 0.3) is 0 Å². The zero-order valence-electron chi connectivity index (χ0n) is 14.2. The van der Waals surface area contributed by atoms with E-state index in [1.807, 2.05) is 24.3 Å². The number of fused-ring (bicyclic) bond motifs is 1. The second-order valence-corrected chi connectivity index (χ2v) is 6.20. The predicted molar refractivity (Wildman–Crippen MR) is 96.8 cm³/mol. The van der Waals surface area contributed by atoms with Crippen molar-refractivity contribution in [2.75, 3.05) is 43.2 Å². The lowest BCUT2D eigenvalue weighted by atomic mass is 10.1. The van der Waals surface area contributed by atoms with Crippen molar-refractivity contribution >= 4 is 23.7 Å². The molecule has 7 nitrogen and oxygen atoms in total. The predicted octanol–water partition coefficient (Wildman–Crippen LogP) is 1.95. The highest BCUT2D eigenvalue weighted by Gasteiger charge is 2.17. The van der Waals surface area contributed by atoms with Crippen molar-refractivity contribution in [2.45, 2.75) is 0 Å². The van der Waals surface area contributed by atoms with Crippen LogP contribution in [0, 0.1) is 0 Å². The van der Waals surface area contributed by atoms with Crippen molar-refractivity contribution in [1.29, 1.82) is 0 Å². The van der Waals surface area contributed by atoms with Gasteiger partial charge in [-0.1, -0.05) is 0 Å². The van der Waals surface area contributed by atoms with Gasteiger partial charge in [0.2, 0.25) is 13.2 Å². The van der Waals surface area contributed by atoms with E-state index in [-0.39, 0.29) is 12.7 Å². The molecule has 7 heteroatoms. The third kappa shape index (κ3) is 3.28. The topological polar surface area (TPSA) is 71.1 Å². The van der Waals surface area contributed by atoms with Crippen molar-refractivity contribution in [3.63, 3.8) is 0 Å². The van der Waals surface area contributed by atoms with Crippen LogP contribution in [0.15, 0.2) is 42.5 Å².